The van der Waals surface area contributed by atoms with E-state index in [1.165, 1.54) is 0 Å². The third-order valence-electron chi connectivity index (χ3n) is 1.39. The number of nitrogens with two attached hydrogens (primary N) is 1. The highest BCUT2D eigenvalue weighted by atomic mass is 16.5. The summed E-state index contributed by atoms with van der Waals surface area (Å²) in [6.45, 7) is 3.21. The summed E-state index contributed by atoms with van der Waals surface area (Å²) in [6.07, 6.45) is 5.44. The van der Waals surface area contributed by atoms with Crippen LogP contribution in [0.25, 0.3) is 0 Å². The molecule has 0 aromatic carbocycles. The Bertz CT molecular complexity index is 216. The number of allylic oxidation sites excluding steroid dienone is 2. The predicted octanol–water partition coefficient (Wildman–Crippen LogP) is 0.170. The molecular weight excluding hydrogens is 140 g/mol. The molecule has 0 atom stereocenters. The average molecular weight is 152 g/mol. The zero-order valence-electron chi connectivity index (χ0n) is 6.58. The van der Waals surface area contributed by atoms with Crippen molar-refractivity contribution in [1.82, 2.24) is 4.99 Å². The Hall–Kier alpha value is -1.09. The van der Waals surface area contributed by atoms with Gasteiger partial charge in [-0.1, -0.05) is 4.99 Å². The smallest absolute Gasteiger partial charge is 0.319 e. The first-order chi connectivity index (χ1) is 5.34. The molecule has 0 saturated carbocycles. The van der Waals surface area contributed by atoms with Gasteiger partial charge in [0.1, 0.15) is 6.20 Å². The van der Waals surface area contributed by atoms with E-state index in [4.69, 9.17) is 10.5 Å². The van der Waals surface area contributed by atoms with Gasteiger partial charge in [0.05, 0.1) is 12.2 Å². The van der Waals surface area contributed by atoms with Crippen molar-refractivity contribution in [3.8, 4) is 0 Å². The van der Waals surface area contributed by atoms with Crippen molar-refractivity contribution in [3.05, 3.63) is 23.9 Å². The fourth-order valence-corrected chi connectivity index (χ4v) is 0.785. The zero-order valence-corrected chi connectivity index (χ0v) is 6.58. The minimum Gasteiger partial charge on any atom is -0.377 e. The van der Waals surface area contributed by atoms with Crippen LogP contribution < -0.4 is 10.7 Å². The summed E-state index contributed by atoms with van der Waals surface area (Å²) < 4.78 is 5.18. The van der Waals surface area contributed by atoms with Crippen LogP contribution in [0.4, 0.5) is 0 Å². The second-order valence-corrected chi connectivity index (χ2v) is 2.18. The lowest BCUT2D eigenvalue weighted by Gasteiger charge is -2.01. The highest BCUT2D eigenvalue weighted by molar-refractivity contribution is 5.97. The van der Waals surface area contributed by atoms with Crippen LogP contribution in [0, 0.1) is 0 Å². The molecule has 3 nitrogen and oxygen atoms in total. The number of nitrogens with zero attached hydrogens (tertiary/aromatic N) is 1. The lowest BCUT2D eigenvalue weighted by Crippen LogP contribution is -2.24. The lowest BCUT2D eigenvalue weighted by molar-refractivity contribution is 0.174. The van der Waals surface area contributed by atoms with Crippen molar-refractivity contribution in [2.45, 2.75) is 6.92 Å². The van der Waals surface area contributed by atoms with Gasteiger partial charge in [0.15, 0.2) is 0 Å². The van der Waals surface area contributed by atoms with Crippen LogP contribution in [-0.4, -0.2) is 19.0 Å². The van der Waals surface area contributed by atoms with Crippen LogP contribution >= 0.6 is 0 Å². The molecule has 0 spiro atoms. The van der Waals surface area contributed by atoms with Crippen LogP contribution in [0.5, 0.6) is 0 Å². The van der Waals surface area contributed by atoms with E-state index in [1.807, 2.05) is 19.1 Å². The topological polar surface area (TPSA) is 49.4 Å². The second kappa shape index (κ2) is 3.93. The molecule has 0 bridgehead atoms. The Morgan fingerprint density at radius 1 is 1.64 bits per heavy atom. The number of aliphatic imine (C=N–C) groups is 1. The normalized spacial score (nSPS) is 16.1. The van der Waals surface area contributed by atoms with E-state index in [0.29, 0.717) is 19.0 Å². The fourth-order valence-electron chi connectivity index (χ4n) is 0.785. The molecule has 11 heavy (non-hydrogen) atoms. The Morgan fingerprint density at radius 2 is 2.45 bits per heavy atom. The monoisotopic (exact) mass is 152 g/mol. The van der Waals surface area contributed by atoms with E-state index < -0.39 is 0 Å². The molecule has 1 radical (unpaired) electrons. The van der Waals surface area contributed by atoms with E-state index in [9.17, 15) is 0 Å². The fraction of sp³-hybridized carbons (Fsp3) is 0.375. The molecular formula is C8H12N2O+. The van der Waals surface area contributed by atoms with Crippen molar-refractivity contribution in [2.24, 2.45) is 5.73 Å². The molecule has 0 fully saturated rings. The van der Waals surface area contributed by atoms with Crippen LogP contribution in [0.3, 0.4) is 0 Å². The minimum absolute atomic E-state index is 0.552. The van der Waals surface area contributed by atoms with E-state index in [-0.39, 0.29) is 0 Å². The van der Waals surface area contributed by atoms with Gasteiger partial charge in [0.25, 0.3) is 0 Å². The van der Waals surface area contributed by atoms with Crippen molar-refractivity contribution >= 4 is 5.84 Å². The van der Waals surface area contributed by atoms with Gasteiger partial charge in [-0.15, -0.1) is 0 Å². The van der Waals surface area contributed by atoms with Gasteiger partial charge in [0, 0.05) is 6.61 Å². The maximum absolute atomic E-state index is 5.57. The summed E-state index contributed by atoms with van der Waals surface area (Å²) in [4.78, 5) is 3.93. The summed E-state index contributed by atoms with van der Waals surface area (Å²) in [5.41, 5.74) is 6.52. The maximum Gasteiger partial charge on any atom is 0.319 e. The van der Waals surface area contributed by atoms with Crippen LogP contribution in [-0.2, 0) is 4.74 Å². The summed E-state index contributed by atoms with van der Waals surface area (Å²) in [5, 5.41) is 0. The first-order valence-corrected chi connectivity index (χ1v) is 3.61. The molecule has 1 heterocycles. The van der Waals surface area contributed by atoms with E-state index in [0.717, 1.165) is 5.57 Å². The zero-order chi connectivity index (χ0) is 8.10. The molecule has 2 N–H and O–H groups in total. The van der Waals surface area contributed by atoms with Gasteiger partial charge < -0.3 is 4.74 Å². The first kappa shape index (κ1) is 8.01. The molecule has 0 unspecified atom stereocenters. The molecule has 1 aliphatic heterocycles. The molecule has 1 aliphatic rings. The van der Waals surface area contributed by atoms with Crippen molar-refractivity contribution in [3.63, 3.8) is 0 Å². The predicted molar refractivity (Wildman–Crippen MR) is 45.0 cm³/mol. The van der Waals surface area contributed by atoms with E-state index in [1.54, 1.807) is 6.20 Å². The molecule has 1 rings (SSSR count). The number of ether oxygens (including phenoxy) is 1. The van der Waals surface area contributed by atoms with Crippen LogP contribution in [0.2, 0.25) is 0 Å². The average Bonchev–Trinajstić information content (AvgIpc) is 2.03. The quantitative estimate of drug-likeness (QED) is 0.626. The second-order valence-electron chi connectivity index (χ2n) is 2.18. The molecule has 0 aliphatic carbocycles. The molecule has 3 heteroatoms. The standard InChI is InChI=1S/C8H12N2O/c1-2-11-6-7-4-3-5-10-8(7)9/h3-5H,2,6,9H2,1H3/q+1. The number of amidine groups is 1. The number of hydrogen-bond acceptors (Lipinski definition) is 3. The molecule has 59 valence electrons. The minimum atomic E-state index is 0.552. The summed E-state index contributed by atoms with van der Waals surface area (Å²) in [6, 6.07) is 0. The Kier molecular flexibility index (Phi) is 2.86. The van der Waals surface area contributed by atoms with Crippen LogP contribution in [0.15, 0.2) is 23.9 Å². The first-order valence-electron chi connectivity index (χ1n) is 3.61. The van der Waals surface area contributed by atoms with Crippen molar-refractivity contribution in [1.29, 1.82) is 0 Å². The number of rotatable bonds is 3. The third-order valence-corrected chi connectivity index (χ3v) is 1.39. The van der Waals surface area contributed by atoms with Gasteiger partial charge in [-0.25, -0.2) is 0 Å². The third kappa shape index (κ3) is 2.20. The van der Waals surface area contributed by atoms with Gasteiger partial charge >= 0.3 is 5.84 Å². The van der Waals surface area contributed by atoms with Gasteiger partial charge in [0.2, 0.25) is 0 Å². The molecule has 0 aromatic heterocycles. The van der Waals surface area contributed by atoms with E-state index >= 15 is 0 Å². The molecule has 0 saturated heterocycles. The van der Waals surface area contributed by atoms with Crippen molar-refractivity contribution < 1.29 is 4.74 Å². The summed E-state index contributed by atoms with van der Waals surface area (Å²) in [5.74, 6) is 0.556. The summed E-state index contributed by atoms with van der Waals surface area (Å²) in [7, 11) is 0. The molecule has 0 amide bonds. The Morgan fingerprint density at radius 3 is 3.09 bits per heavy atom. The maximum atomic E-state index is 5.57. The van der Waals surface area contributed by atoms with Crippen LogP contribution in [0.1, 0.15) is 6.92 Å². The Labute approximate surface area is 66.3 Å². The van der Waals surface area contributed by atoms with Crippen molar-refractivity contribution in [2.75, 3.05) is 13.2 Å². The highest BCUT2D eigenvalue weighted by Crippen LogP contribution is 1.98. The lowest BCUT2D eigenvalue weighted by atomic mass is 10.2. The SMILES string of the molecule is CCOCC1=CC=C[N+]=C1N. The largest absolute Gasteiger partial charge is 0.377 e. The van der Waals surface area contributed by atoms with Gasteiger partial charge in [-0.3, -0.25) is 5.73 Å². The highest BCUT2D eigenvalue weighted by Gasteiger charge is 2.11. The van der Waals surface area contributed by atoms with E-state index in [2.05, 4.69) is 4.99 Å². The summed E-state index contributed by atoms with van der Waals surface area (Å²) >= 11 is 0. The molecule has 0 aromatic rings. The number of hydrogen-bond donors (Lipinski definition) is 1. The Balaban J connectivity index is 2.51. The van der Waals surface area contributed by atoms with Gasteiger partial charge in [-0.05, 0) is 19.1 Å². The van der Waals surface area contributed by atoms with Gasteiger partial charge in [-0.2, -0.15) is 0 Å².